The molecule has 2 aromatic heterocycles. The summed E-state index contributed by atoms with van der Waals surface area (Å²) >= 11 is 0. The summed E-state index contributed by atoms with van der Waals surface area (Å²) in [5.41, 5.74) is 7.17. The van der Waals surface area contributed by atoms with E-state index in [4.69, 9.17) is 20.4 Å². The summed E-state index contributed by atoms with van der Waals surface area (Å²) in [6.45, 7) is 4.01. The molecule has 2 aliphatic heterocycles. The van der Waals surface area contributed by atoms with Crippen LogP contribution >= 0.6 is 0 Å². The Morgan fingerprint density at radius 3 is 2.39 bits per heavy atom. The van der Waals surface area contributed by atoms with Gasteiger partial charge in [0, 0.05) is 38.3 Å². The van der Waals surface area contributed by atoms with E-state index in [1.807, 2.05) is 11.0 Å². The molecule has 164 valence electrons. The molecule has 0 radical (unpaired) electrons. The second-order valence-corrected chi connectivity index (χ2v) is 7.90. The van der Waals surface area contributed by atoms with Crippen molar-refractivity contribution < 1.29 is 13.5 Å². The van der Waals surface area contributed by atoms with Crippen LogP contribution in [0.5, 0.6) is 0 Å². The van der Waals surface area contributed by atoms with Gasteiger partial charge < -0.3 is 20.3 Å². The average molecular weight is 429 g/mol. The smallest absolute Gasteiger partial charge is 0.296 e. The molecule has 31 heavy (non-hydrogen) atoms. The molecule has 2 fully saturated rings. The fourth-order valence-electron chi connectivity index (χ4n) is 4.15. The number of halogens is 2. The Morgan fingerprint density at radius 1 is 0.935 bits per heavy atom. The molecule has 0 bridgehead atoms. The Morgan fingerprint density at radius 2 is 1.65 bits per heavy atom. The molecule has 2 saturated heterocycles. The van der Waals surface area contributed by atoms with Gasteiger partial charge in [-0.15, -0.1) is 0 Å². The number of rotatable bonds is 4. The maximum Gasteiger partial charge on any atom is 0.296 e. The molecule has 1 aromatic carbocycles. The van der Waals surface area contributed by atoms with Crippen LogP contribution in [0.1, 0.15) is 25.1 Å². The number of para-hydroxylation sites is 2. The van der Waals surface area contributed by atoms with E-state index < -0.39 is 6.43 Å². The number of fused-ring (bicyclic) bond motifs is 1. The van der Waals surface area contributed by atoms with Crippen LogP contribution in [0.3, 0.4) is 0 Å². The van der Waals surface area contributed by atoms with Crippen LogP contribution in [0.2, 0.25) is 0 Å². The predicted molar refractivity (Wildman–Crippen MR) is 114 cm³/mol. The van der Waals surface area contributed by atoms with Gasteiger partial charge in [-0.1, -0.05) is 12.1 Å². The fraction of sp³-hybridized carbons (Fsp3) is 0.476. The number of aromatic nitrogens is 4. The maximum absolute atomic E-state index is 13.9. The first-order valence-corrected chi connectivity index (χ1v) is 10.6. The zero-order chi connectivity index (χ0) is 21.4. The van der Waals surface area contributed by atoms with Gasteiger partial charge in [-0.2, -0.15) is 9.97 Å². The summed E-state index contributed by atoms with van der Waals surface area (Å²) in [6, 6.07) is 9.07. The summed E-state index contributed by atoms with van der Waals surface area (Å²) < 4.78 is 34.8. The van der Waals surface area contributed by atoms with Crippen molar-refractivity contribution in [1.82, 2.24) is 19.5 Å². The molecule has 8 nitrogen and oxygen atoms in total. The van der Waals surface area contributed by atoms with E-state index in [9.17, 15) is 8.78 Å². The number of morpholine rings is 1. The lowest BCUT2D eigenvalue weighted by Gasteiger charge is -2.33. The Hall–Kier alpha value is -2.85. The van der Waals surface area contributed by atoms with Crippen molar-refractivity contribution in [1.29, 1.82) is 0 Å². The van der Waals surface area contributed by atoms with E-state index in [1.165, 1.54) is 4.57 Å². The van der Waals surface area contributed by atoms with Gasteiger partial charge in [0.25, 0.3) is 6.43 Å². The molecule has 10 heteroatoms. The van der Waals surface area contributed by atoms with Crippen LogP contribution in [-0.2, 0) is 4.74 Å². The topological polar surface area (TPSA) is 85.3 Å². The molecule has 0 atom stereocenters. The number of nitrogens with zero attached hydrogens (tertiary/aromatic N) is 6. The van der Waals surface area contributed by atoms with Gasteiger partial charge in [0.1, 0.15) is 11.6 Å². The van der Waals surface area contributed by atoms with Crippen LogP contribution in [0.15, 0.2) is 30.3 Å². The first-order valence-electron chi connectivity index (χ1n) is 10.6. The number of nitrogens with two attached hydrogens (primary N) is 1. The van der Waals surface area contributed by atoms with E-state index >= 15 is 0 Å². The number of hydrogen-bond donors (Lipinski definition) is 1. The molecule has 2 N–H and O–H groups in total. The van der Waals surface area contributed by atoms with Crippen molar-refractivity contribution in [2.45, 2.75) is 25.3 Å². The van der Waals surface area contributed by atoms with Crippen molar-refractivity contribution in [3.05, 3.63) is 36.2 Å². The van der Waals surface area contributed by atoms with E-state index in [1.54, 1.807) is 24.3 Å². The predicted octanol–water partition coefficient (Wildman–Crippen LogP) is 2.52. The van der Waals surface area contributed by atoms with Gasteiger partial charge in [0.05, 0.1) is 24.2 Å². The number of benzene rings is 1. The molecule has 0 aliphatic carbocycles. The number of alkyl halides is 2. The normalized spacial score (nSPS) is 18.3. The molecule has 0 unspecified atom stereocenters. The highest BCUT2D eigenvalue weighted by molar-refractivity contribution is 5.78. The largest absolute Gasteiger partial charge is 0.378 e. The average Bonchev–Trinajstić information content (AvgIpc) is 3.20. The first-order chi connectivity index (χ1) is 15.1. The van der Waals surface area contributed by atoms with Gasteiger partial charge in [-0.05, 0) is 25.0 Å². The molecule has 5 rings (SSSR count). The highest BCUT2D eigenvalue weighted by Gasteiger charge is 2.25. The minimum Gasteiger partial charge on any atom is -0.378 e. The minimum atomic E-state index is -2.73. The number of piperidine rings is 1. The third-order valence-corrected chi connectivity index (χ3v) is 5.86. The van der Waals surface area contributed by atoms with Crippen LogP contribution in [0.25, 0.3) is 16.9 Å². The van der Waals surface area contributed by atoms with Crippen molar-refractivity contribution >= 4 is 22.8 Å². The molecule has 0 spiro atoms. The first kappa shape index (κ1) is 20.1. The standard InChI is InChI=1S/C21H25F2N7O/c22-19(23)20-25-15-3-1-2-4-16(15)30(20)18-13-17(28-7-5-14(24)6-8-28)26-21(27-18)29-9-11-31-12-10-29/h1-4,13-14,19H,5-12,24H2. The second-order valence-electron chi connectivity index (χ2n) is 7.90. The lowest BCUT2D eigenvalue weighted by atomic mass is 10.1. The summed E-state index contributed by atoms with van der Waals surface area (Å²) in [5, 5.41) is 0. The quantitative estimate of drug-likeness (QED) is 0.682. The van der Waals surface area contributed by atoms with Crippen LogP contribution in [0, 0.1) is 0 Å². The van der Waals surface area contributed by atoms with Gasteiger partial charge in [0.15, 0.2) is 5.82 Å². The maximum atomic E-state index is 13.9. The lowest BCUT2D eigenvalue weighted by molar-refractivity contribution is 0.122. The van der Waals surface area contributed by atoms with Crippen LogP contribution < -0.4 is 15.5 Å². The molecular formula is C21H25F2N7O. The van der Waals surface area contributed by atoms with Gasteiger partial charge in [-0.25, -0.2) is 13.8 Å². The van der Waals surface area contributed by atoms with Crippen molar-refractivity contribution in [2.24, 2.45) is 5.73 Å². The number of hydrogen-bond acceptors (Lipinski definition) is 7. The van der Waals surface area contributed by atoms with Crippen LogP contribution in [0.4, 0.5) is 20.5 Å². The summed E-state index contributed by atoms with van der Waals surface area (Å²) in [6.07, 6.45) is -1.00. The highest BCUT2D eigenvalue weighted by Crippen LogP contribution is 2.30. The summed E-state index contributed by atoms with van der Waals surface area (Å²) in [7, 11) is 0. The third-order valence-electron chi connectivity index (χ3n) is 5.86. The number of imidazole rings is 1. The van der Waals surface area contributed by atoms with Crippen molar-refractivity contribution in [2.75, 3.05) is 49.2 Å². The molecular weight excluding hydrogens is 404 g/mol. The number of anilines is 2. The van der Waals surface area contributed by atoms with Crippen molar-refractivity contribution in [3.63, 3.8) is 0 Å². The Balaban J connectivity index is 1.65. The zero-order valence-corrected chi connectivity index (χ0v) is 17.1. The monoisotopic (exact) mass is 429 g/mol. The Bertz CT molecular complexity index is 1060. The highest BCUT2D eigenvalue weighted by atomic mass is 19.3. The second kappa shape index (κ2) is 8.35. The molecule has 3 aromatic rings. The lowest BCUT2D eigenvalue weighted by Crippen LogP contribution is -2.41. The van der Waals surface area contributed by atoms with Gasteiger partial charge >= 0.3 is 0 Å². The Labute approximate surface area is 178 Å². The summed E-state index contributed by atoms with van der Waals surface area (Å²) in [5.74, 6) is 1.31. The molecule has 2 aliphatic rings. The third kappa shape index (κ3) is 3.92. The fourth-order valence-corrected chi connectivity index (χ4v) is 4.15. The van der Waals surface area contributed by atoms with E-state index in [2.05, 4.69) is 9.88 Å². The van der Waals surface area contributed by atoms with Gasteiger partial charge in [0.2, 0.25) is 5.95 Å². The molecule has 0 amide bonds. The minimum absolute atomic E-state index is 0.180. The number of ether oxygens (including phenoxy) is 1. The zero-order valence-electron chi connectivity index (χ0n) is 17.1. The van der Waals surface area contributed by atoms with E-state index in [0.717, 1.165) is 31.7 Å². The van der Waals surface area contributed by atoms with Gasteiger partial charge in [-0.3, -0.25) is 4.57 Å². The SMILES string of the molecule is NC1CCN(c2cc(-n3c(C(F)F)nc4ccccc43)nc(N3CCOCC3)n2)CC1. The van der Waals surface area contributed by atoms with Crippen molar-refractivity contribution in [3.8, 4) is 5.82 Å². The molecule has 4 heterocycles. The van der Waals surface area contributed by atoms with E-state index in [0.29, 0.717) is 49.1 Å². The summed E-state index contributed by atoms with van der Waals surface area (Å²) in [4.78, 5) is 17.9. The molecule has 0 saturated carbocycles. The van der Waals surface area contributed by atoms with E-state index in [-0.39, 0.29) is 11.9 Å². The Kier molecular flexibility index (Phi) is 5.41. The van der Waals surface area contributed by atoms with Crippen LogP contribution in [-0.4, -0.2) is 65.0 Å².